The van der Waals surface area contributed by atoms with Gasteiger partial charge in [0, 0.05) is 12.1 Å². The van der Waals surface area contributed by atoms with Gasteiger partial charge in [-0.3, -0.25) is 4.79 Å². The van der Waals surface area contributed by atoms with Gasteiger partial charge in [-0.25, -0.2) is 13.8 Å². The zero-order chi connectivity index (χ0) is 28.4. The van der Waals surface area contributed by atoms with Crippen LogP contribution in [-0.4, -0.2) is 38.5 Å². The van der Waals surface area contributed by atoms with Gasteiger partial charge in [0.25, 0.3) is 5.91 Å². The molecule has 9 heteroatoms. The lowest BCUT2D eigenvalue weighted by Gasteiger charge is -2.23. The molecule has 206 valence electrons. The molecule has 0 radical (unpaired) electrons. The van der Waals surface area contributed by atoms with Crippen molar-refractivity contribution in [3.8, 4) is 11.5 Å². The van der Waals surface area contributed by atoms with E-state index in [2.05, 4.69) is 10.5 Å². The van der Waals surface area contributed by atoms with E-state index in [-0.39, 0.29) is 17.2 Å². The lowest BCUT2D eigenvalue weighted by atomic mass is 10.2. The molecule has 0 aliphatic carbocycles. The topological polar surface area (TPSA) is 97.3 Å². The zero-order valence-corrected chi connectivity index (χ0v) is 23.2. The quantitative estimate of drug-likeness (QED) is 0.197. The normalized spacial score (nSPS) is 11.5. The Hall–Kier alpha value is -4.47. The minimum Gasteiger partial charge on any atom is -0.495 e. The molecule has 0 aromatic heterocycles. The average Bonchev–Trinajstić information content (AvgIpc) is 2.97. The number of carbonyl (C=O) groups is 1. The van der Waals surface area contributed by atoms with E-state index >= 15 is 0 Å². The lowest BCUT2D eigenvalue weighted by Crippen LogP contribution is -2.39. The summed E-state index contributed by atoms with van der Waals surface area (Å²) in [5.74, 6) is 0.212. The van der Waals surface area contributed by atoms with Crippen molar-refractivity contribution < 1.29 is 22.7 Å². The maximum atomic E-state index is 13.7. The fourth-order valence-corrected chi connectivity index (χ4v) is 5.59. The number of ether oxygens (including phenoxy) is 2. The summed E-state index contributed by atoms with van der Waals surface area (Å²) in [6.45, 7) is 1.72. The number of rotatable bonds is 12. The van der Waals surface area contributed by atoms with E-state index in [4.69, 9.17) is 9.47 Å². The zero-order valence-electron chi connectivity index (χ0n) is 22.4. The van der Waals surface area contributed by atoms with Crippen molar-refractivity contribution in [2.24, 2.45) is 5.10 Å². The summed E-state index contributed by atoms with van der Waals surface area (Å²) in [5.41, 5.74) is 5.62. The Kier molecular flexibility index (Phi) is 9.66. The van der Waals surface area contributed by atoms with Crippen LogP contribution in [0.15, 0.2) is 113 Å². The average molecular weight is 558 g/mol. The highest BCUT2D eigenvalue weighted by Crippen LogP contribution is 2.28. The molecule has 0 unspecified atom stereocenters. The smallest absolute Gasteiger partial charge is 0.255 e. The van der Waals surface area contributed by atoms with Crippen LogP contribution < -0.4 is 14.9 Å². The summed E-state index contributed by atoms with van der Waals surface area (Å²) in [7, 11) is -2.69. The number of nitrogens with one attached hydrogen (secondary N) is 1. The highest BCUT2D eigenvalue weighted by molar-refractivity contribution is 7.89. The van der Waals surface area contributed by atoms with Crippen LogP contribution in [0.3, 0.4) is 0 Å². The molecule has 4 aromatic carbocycles. The number of hydrazone groups is 1. The van der Waals surface area contributed by atoms with Gasteiger partial charge in [-0.1, -0.05) is 78.9 Å². The summed E-state index contributed by atoms with van der Waals surface area (Å²) in [5, 5.41) is 4.07. The lowest BCUT2D eigenvalue weighted by molar-refractivity contribution is -0.121. The predicted molar refractivity (Wildman–Crippen MR) is 155 cm³/mol. The summed E-state index contributed by atoms with van der Waals surface area (Å²) >= 11 is 0. The Morgan fingerprint density at radius 2 is 1.52 bits per heavy atom. The first kappa shape index (κ1) is 28.5. The first-order valence-corrected chi connectivity index (χ1v) is 14.1. The van der Waals surface area contributed by atoms with Gasteiger partial charge in [0.15, 0.2) is 0 Å². The molecule has 40 heavy (non-hydrogen) atoms. The van der Waals surface area contributed by atoms with Gasteiger partial charge in [0.2, 0.25) is 10.0 Å². The first-order chi connectivity index (χ1) is 19.4. The van der Waals surface area contributed by atoms with Crippen LogP contribution in [0.4, 0.5) is 0 Å². The van der Waals surface area contributed by atoms with Crippen LogP contribution in [0.25, 0.3) is 0 Å². The monoisotopic (exact) mass is 557 g/mol. The summed E-state index contributed by atoms with van der Waals surface area (Å²) < 4.78 is 39.9. The van der Waals surface area contributed by atoms with E-state index in [1.807, 2.05) is 72.8 Å². The van der Waals surface area contributed by atoms with Crippen molar-refractivity contribution >= 4 is 22.1 Å². The molecule has 0 saturated heterocycles. The molecule has 0 aliphatic rings. The minimum atomic E-state index is -4.10. The second-order valence-electron chi connectivity index (χ2n) is 9.02. The number of nitrogens with zero attached hydrogens (tertiary/aromatic N) is 2. The van der Waals surface area contributed by atoms with Crippen LogP contribution in [0.5, 0.6) is 11.5 Å². The van der Waals surface area contributed by atoms with E-state index in [9.17, 15) is 13.2 Å². The number of hydrogen-bond donors (Lipinski definition) is 1. The van der Waals surface area contributed by atoms with Crippen molar-refractivity contribution in [2.45, 2.75) is 25.0 Å². The highest BCUT2D eigenvalue weighted by Gasteiger charge is 2.30. The summed E-state index contributed by atoms with van der Waals surface area (Å²) in [4.78, 5) is 12.9. The van der Waals surface area contributed by atoms with Crippen LogP contribution >= 0.6 is 0 Å². The van der Waals surface area contributed by atoms with Crippen molar-refractivity contribution in [3.05, 3.63) is 125 Å². The molecule has 1 amide bonds. The van der Waals surface area contributed by atoms with Crippen molar-refractivity contribution in [2.75, 3.05) is 13.7 Å². The molecular weight excluding hydrogens is 526 g/mol. The number of hydrogen-bond acceptors (Lipinski definition) is 6. The Bertz CT molecular complexity index is 1560. The standard InChI is InChI=1S/C31H31N3O5S/c1-24-17-18-29(38-2)30(19-24)40(36,37)34(21-25-11-5-3-6-12-25)22-31(35)33-32-20-27-15-9-10-16-28(27)39-23-26-13-7-4-8-14-26/h3-20H,21-23H2,1-2H3,(H,33,35)/b32-20+. The van der Waals surface area contributed by atoms with Crippen LogP contribution in [0.2, 0.25) is 0 Å². The van der Waals surface area contributed by atoms with E-state index in [1.165, 1.54) is 19.4 Å². The largest absolute Gasteiger partial charge is 0.495 e. The molecule has 4 rings (SSSR count). The van der Waals surface area contributed by atoms with E-state index < -0.39 is 22.5 Å². The molecule has 8 nitrogen and oxygen atoms in total. The number of sulfonamides is 1. The van der Waals surface area contributed by atoms with Crippen molar-refractivity contribution in [3.63, 3.8) is 0 Å². The number of amides is 1. The van der Waals surface area contributed by atoms with Gasteiger partial charge in [-0.05, 0) is 47.9 Å². The van der Waals surface area contributed by atoms with Gasteiger partial charge < -0.3 is 9.47 Å². The molecule has 0 saturated carbocycles. The minimum absolute atomic E-state index is 0.00639. The van der Waals surface area contributed by atoms with Crippen molar-refractivity contribution in [1.82, 2.24) is 9.73 Å². The Morgan fingerprint density at radius 1 is 0.875 bits per heavy atom. The SMILES string of the molecule is COc1ccc(C)cc1S(=O)(=O)N(CC(=O)N/N=C/c1ccccc1OCc1ccccc1)Cc1ccccc1. The predicted octanol–water partition coefficient (Wildman–Crippen LogP) is 4.92. The number of carbonyl (C=O) groups excluding carboxylic acids is 1. The number of aryl methyl sites for hydroxylation is 1. The maximum Gasteiger partial charge on any atom is 0.255 e. The van der Waals surface area contributed by atoms with E-state index in [0.29, 0.717) is 17.9 Å². The molecule has 0 heterocycles. The Morgan fingerprint density at radius 3 is 2.23 bits per heavy atom. The number of methoxy groups -OCH3 is 1. The Balaban J connectivity index is 1.50. The molecule has 0 spiro atoms. The first-order valence-electron chi connectivity index (χ1n) is 12.6. The van der Waals surface area contributed by atoms with Crippen LogP contribution in [0.1, 0.15) is 22.3 Å². The number of benzene rings is 4. The van der Waals surface area contributed by atoms with Gasteiger partial charge in [0.05, 0.1) is 19.9 Å². The fraction of sp³-hybridized carbons (Fsp3) is 0.161. The van der Waals surface area contributed by atoms with E-state index in [1.54, 1.807) is 31.2 Å². The summed E-state index contributed by atoms with van der Waals surface area (Å²) in [6, 6.07) is 31.1. The van der Waals surface area contributed by atoms with Gasteiger partial charge in [-0.15, -0.1) is 0 Å². The molecule has 0 bridgehead atoms. The van der Waals surface area contributed by atoms with Gasteiger partial charge in [-0.2, -0.15) is 9.41 Å². The molecule has 0 aliphatic heterocycles. The van der Waals surface area contributed by atoms with Crippen LogP contribution in [0, 0.1) is 6.92 Å². The highest BCUT2D eigenvalue weighted by atomic mass is 32.2. The van der Waals surface area contributed by atoms with Crippen LogP contribution in [-0.2, 0) is 28.0 Å². The Labute approximate surface area is 234 Å². The van der Waals surface area contributed by atoms with Gasteiger partial charge in [0.1, 0.15) is 23.0 Å². The molecule has 0 atom stereocenters. The summed E-state index contributed by atoms with van der Waals surface area (Å²) in [6.07, 6.45) is 1.47. The molecule has 1 N–H and O–H groups in total. The second-order valence-corrected chi connectivity index (χ2v) is 10.9. The second kappa shape index (κ2) is 13.5. The molecule has 0 fully saturated rings. The van der Waals surface area contributed by atoms with Crippen molar-refractivity contribution in [1.29, 1.82) is 0 Å². The fourth-order valence-electron chi connectivity index (χ4n) is 3.96. The third-order valence-electron chi connectivity index (χ3n) is 6.01. The maximum absolute atomic E-state index is 13.7. The third-order valence-corrected chi connectivity index (χ3v) is 7.82. The molecule has 4 aromatic rings. The van der Waals surface area contributed by atoms with E-state index in [0.717, 1.165) is 21.0 Å². The third kappa shape index (κ3) is 7.56. The molecular formula is C31H31N3O5S. The van der Waals surface area contributed by atoms with Gasteiger partial charge >= 0.3 is 0 Å². The number of para-hydroxylation sites is 1.